The minimum absolute atomic E-state index is 0.122. The molecule has 4 rings (SSSR count). The Morgan fingerprint density at radius 3 is 2.80 bits per heavy atom. The zero-order chi connectivity index (χ0) is 21.1. The SMILES string of the molecule is COc1ccc(NC(=O)CN2C(=O)CC(c3cccs3)=Nc3ccccc32)cc1Cl. The van der Waals surface area contributed by atoms with Crippen molar-refractivity contribution < 1.29 is 14.3 Å². The number of carbonyl (C=O) groups is 2. The fourth-order valence-corrected chi connectivity index (χ4v) is 4.16. The number of amides is 2. The molecule has 0 aliphatic carbocycles. The van der Waals surface area contributed by atoms with E-state index in [0.29, 0.717) is 33.5 Å². The summed E-state index contributed by atoms with van der Waals surface area (Å²) >= 11 is 7.66. The van der Waals surface area contributed by atoms with E-state index in [1.807, 2.05) is 35.7 Å². The molecule has 3 aromatic rings. The van der Waals surface area contributed by atoms with Gasteiger partial charge in [0.1, 0.15) is 12.3 Å². The number of rotatable bonds is 5. The largest absolute Gasteiger partial charge is 0.495 e. The van der Waals surface area contributed by atoms with Gasteiger partial charge in [-0.1, -0.05) is 29.8 Å². The molecule has 0 atom stereocenters. The standard InChI is InChI=1S/C22H18ClN3O3S/c1-29-19-9-8-14(11-15(19)23)24-21(27)13-26-18-6-3-2-5-16(18)25-17(12-22(26)28)20-7-4-10-30-20/h2-11H,12-13H2,1H3,(H,24,27). The number of anilines is 2. The molecule has 2 amide bonds. The van der Waals surface area contributed by atoms with Crippen LogP contribution in [-0.2, 0) is 9.59 Å². The van der Waals surface area contributed by atoms with Crippen LogP contribution in [0, 0.1) is 0 Å². The van der Waals surface area contributed by atoms with Crippen LogP contribution in [0.25, 0.3) is 0 Å². The number of aliphatic imine (C=N–C) groups is 1. The molecule has 0 bridgehead atoms. The van der Waals surface area contributed by atoms with Crippen molar-refractivity contribution in [2.45, 2.75) is 6.42 Å². The summed E-state index contributed by atoms with van der Waals surface area (Å²) in [6, 6.07) is 16.2. The average molecular weight is 440 g/mol. The first kappa shape index (κ1) is 20.1. The molecule has 6 nitrogen and oxygen atoms in total. The number of benzene rings is 2. The third kappa shape index (κ3) is 4.22. The van der Waals surface area contributed by atoms with E-state index in [2.05, 4.69) is 5.32 Å². The molecule has 2 heterocycles. The Hall–Kier alpha value is -3.16. The van der Waals surface area contributed by atoms with Gasteiger partial charge in [0.25, 0.3) is 0 Å². The number of thiophene rings is 1. The molecule has 30 heavy (non-hydrogen) atoms. The van der Waals surface area contributed by atoms with Crippen molar-refractivity contribution in [2.24, 2.45) is 4.99 Å². The van der Waals surface area contributed by atoms with Crippen LogP contribution in [0.15, 0.2) is 65.0 Å². The molecule has 0 saturated carbocycles. The van der Waals surface area contributed by atoms with Crippen LogP contribution in [0.3, 0.4) is 0 Å². The molecule has 0 fully saturated rings. The summed E-state index contributed by atoms with van der Waals surface area (Å²) in [7, 11) is 1.52. The lowest BCUT2D eigenvalue weighted by Gasteiger charge is -2.22. The molecule has 1 aliphatic rings. The van der Waals surface area contributed by atoms with E-state index in [4.69, 9.17) is 21.3 Å². The van der Waals surface area contributed by atoms with Crippen molar-refractivity contribution in [3.05, 3.63) is 69.9 Å². The maximum atomic E-state index is 13.0. The van der Waals surface area contributed by atoms with Gasteiger partial charge < -0.3 is 15.0 Å². The highest BCUT2D eigenvalue weighted by Crippen LogP contribution is 2.33. The van der Waals surface area contributed by atoms with Crippen LogP contribution in [-0.4, -0.2) is 31.2 Å². The summed E-state index contributed by atoms with van der Waals surface area (Å²) in [5, 5.41) is 5.12. The lowest BCUT2D eigenvalue weighted by atomic mass is 10.2. The monoisotopic (exact) mass is 439 g/mol. The second-order valence-electron chi connectivity index (χ2n) is 6.58. The van der Waals surface area contributed by atoms with Crippen LogP contribution in [0.2, 0.25) is 5.02 Å². The second-order valence-corrected chi connectivity index (χ2v) is 7.93. The number of ether oxygens (including phenoxy) is 1. The lowest BCUT2D eigenvalue weighted by molar-refractivity contribution is -0.120. The topological polar surface area (TPSA) is 71.0 Å². The Kier molecular flexibility index (Phi) is 5.83. The van der Waals surface area contributed by atoms with Crippen LogP contribution in [0.4, 0.5) is 17.1 Å². The van der Waals surface area contributed by atoms with E-state index < -0.39 is 0 Å². The summed E-state index contributed by atoms with van der Waals surface area (Å²) in [6.45, 7) is -0.132. The quantitative estimate of drug-likeness (QED) is 0.614. The van der Waals surface area contributed by atoms with Gasteiger partial charge in [0, 0.05) is 10.6 Å². The predicted molar refractivity (Wildman–Crippen MR) is 121 cm³/mol. The minimum Gasteiger partial charge on any atom is -0.495 e. The maximum Gasteiger partial charge on any atom is 0.244 e. The van der Waals surface area contributed by atoms with Gasteiger partial charge in [0.05, 0.1) is 35.6 Å². The fraction of sp³-hybridized carbons (Fsp3) is 0.136. The normalized spacial score (nSPS) is 13.3. The highest BCUT2D eigenvalue weighted by atomic mass is 35.5. The van der Waals surface area contributed by atoms with Crippen molar-refractivity contribution in [3.8, 4) is 5.75 Å². The van der Waals surface area contributed by atoms with E-state index >= 15 is 0 Å². The minimum atomic E-state index is -0.334. The number of halogens is 1. The van der Waals surface area contributed by atoms with Crippen molar-refractivity contribution in [1.82, 2.24) is 0 Å². The van der Waals surface area contributed by atoms with E-state index in [1.165, 1.54) is 23.3 Å². The molecule has 1 N–H and O–H groups in total. The molecular weight excluding hydrogens is 422 g/mol. The Morgan fingerprint density at radius 1 is 1.23 bits per heavy atom. The van der Waals surface area contributed by atoms with Crippen LogP contribution in [0.5, 0.6) is 5.75 Å². The summed E-state index contributed by atoms with van der Waals surface area (Å²) in [6.07, 6.45) is 0.122. The number of methoxy groups -OCH3 is 1. The zero-order valence-electron chi connectivity index (χ0n) is 16.1. The number of fused-ring (bicyclic) bond motifs is 1. The first-order chi connectivity index (χ1) is 14.5. The zero-order valence-corrected chi connectivity index (χ0v) is 17.7. The van der Waals surface area contributed by atoms with Crippen LogP contribution >= 0.6 is 22.9 Å². The summed E-state index contributed by atoms with van der Waals surface area (Å²) in [5.41, 5.74) is 2.49. The summed E-state index contributed by atoms with van der Waals surface area (Å²) < 4.78 is 5.12. The Labute approximate surface area is 182 Å². The average Bonchev–Trinajstić information content (AvgIpc) is 3.23. The molecule has 1 aliphatic heterocycles. The van der Waals surface area contributed by atoms with Gasteiger partial charge in [0.2, 0.25) is 11.8 Å². The van der Waals surface area contributed by atoms with E-state index in [0.717, 1.165) is 4.88 Å². The van der Waals surface area contributed by atoms with Crippen molar-refractivity contribution >= 4 is 57.5 Å². The molecular formula is C22H18ClN3O3S. The predicted octanol–water partition coefficient (Wildman–Crippen LogP) is 4.91. The molecule has 152 valence electrons. The van der Waals surface area contributed by atoms with Gasteiger partial charge in [-0.3, -0.25) is 9.59 Å². The van der Waals surface area contributed by atoms with Crippen molar-refractivity contribution in [3.63, 3.8) is 0 Å². The maximum absolute atomic E-state index is 13.0. The third-order valence-electron chi connectivity index (χ3n) is 4.59. The highest BCUT2D eigenvalue weighted by molar-refractivity contribution is 7.12. The Balaban J connectivity index is 1.57. The first-order valence-corrected chi connectivity index (χ1v) is 10.4. The van der Waals surface area contributed by atoms with Crippen molar-refractivity contribution in [1.29, 1.82) is 0 Å². The third-order valence-corrected chi connectivity index (χ3v) is 5.80. The molecule has 8 heteroatoms. The van der Waals surface area contributed by atoms with E-state index in [1.54, 1.807) is 24.3 Å². The molecule has 1 aromatic heterocycles. The molecule has 0 radical (unpaired) electrons. The number of nitrogens with zero attached hydrogens (tertiary/aromatic N) is 2. The van der Waals surface area contributed by atoms with Gasteiger partial charge >= 0.3 is 0 Å². The molecule has 0 spiro atoms. The van der Waals surface area contributed by atoms with Crippen molar-refractivity contribution in [2.75, 3.05) is 23.9 Å². The Bertz CT molecular complexity index is 1130. The highest BCUT2D eigenvalue weighted by Gasteiger charge is 2.27. The van der Waals surface area contributed by atoms with Crippen LogP contribution < -0.4 is 15.0 Å². The fourth-order valence-electron chi connectivity index (χ4n) is 3.19. The van der Waals surface area contributed by atoms with Gasteiger partial charge in [-0.05, 0) is 41.8 Å². The number of nitrogens with one attached hydrogen (secondary N) is 1. The molecule has 0 unspecified atom stereocenters. The van der Waals surface area contributed by atoms with Gasteiger partial charge in [0.15, 0.2) is 0 Å². The number of hydrogen-bond donors (Lipinski definition) is 1. The van der Waals surface area contributed by atoms with Gasteiger partial charge in [-0.15, -0.1) is 11.3 Å². The Morgan fingerprint density at radius 2 is 2.07 bits per heavy atom. The first-order valence-electron chi connectivity index (χ1n) is 9.19. The number of para-hydroxylation sites is 2. The van der Waals surface area contributed by atoms with E-state index in [9.17, 15) is 9.59 Å². The van der Waals surface area contributed by atoms with Gasteiger partial charge in [-0.25, -0.2) is 4.99 Å². The van der Waals surface area contributed by atoms with Crippen LogP contribution in [0.1, 0.15) is 11.3 Å². The summed E-state index contributed by atoms with van der Waals surface area (Å²) in [5.74, 6) is -0.00137. The van der Waals surface area contributed by atoms with Gasteiger partial charge in [-0.2, -0.15) is 0 Å². The number of hydrogen-bond acceptors (Lipinski definition) is 5. The molecule has 2 aromatic carbocycles. The second kappa shape index (κ2) is 8.69. The van der Waals surface area contributed by atoms with E-state index in [-0.39, 0.29) is 24.8 Å². The smallest absolute Gasteiger partial charge is 0.244 e. The lowest BCUT2D eigenvalue weighted by Crippen LogP contribution is -2.38. The number of carbonyl (C=O) groups excluding carboxylic acids is 2. The molecule has 0 saturated heterocycles. The summed E-state index contributed by atoms with van der Waals surface area (Å²) in [4.78, 5) is 32.9.